The third-order valence-corrected chi connectivity index (χ3v) is 11.0. The van der Waals surface area contributed by atoms with Gasteiger partial charge in [-0.3, -0.25) is 0 Å². The number of benzene rings is 10. The first kappa shape index (κ1) is 34.0. The number of hydrogen-bond acceptors (Lipinski definition) is 1. The predicted molar refractivity (Wildman–Crippen MR) is 243 cm³/mol. The van der Waals surface area contributed by atoms with Crippen LogP contribution >= 0.6 is 0 Å². The Balaban J connectivity index is 1.18. The van der Waals surface area contributed by atoms with Crippen LogP contribution in [0.3, 0.4) is 0 Å². The van der Waals surface area contributed by atoms with Crippen LogP contribution in [0.2, 0.25) is 0 Å². The van der Waals surface area contributed by atoms with Crippen LogP contribution in [0.4, 0.5) is 17.1 Å². The second-order valence-corrected chi connectivity index (χ2v) is 14.6. The van der Waals surface area contributed by atoms with Crippen LogP contribution in [-0.2, 0) is 0 Å². The smallest absolute Gasteiger partial charge is 0.0473 e. The van der Waals surface area contributed by atoms with Gasteiger partial charge in [0.1, 0.15) is 0 Å². The van der Waals surface area contributed by atoms with Crippen molar-refractivity contribution in [2.45, 2.75) is 0 Å². The maximum Gasteiger partial charge on any atom is 0.0473 e. The zero-order valence-corrected chi connectivity index (χ0v) is 31.5. The van der Waals surface area contributed by atoms with Gasteiger partial charge in [-0.2, -0.15) is 0 Å². The Kier molecular flexibility index (Phi) is 8.95. The van der Waals surface area contributed by atoms with Gasteiger partial charge in [-0.25, -0.2) is 0 Å². The van der Waals surface area contributed by atoms with Crippen molar-refractivity contribution in [3.8, 4) is 55.6 Å². The molecule has 0 spiro atoms. The highest BCUT2D eigenvalue weighted by Gasteiger charge is 2.18. The highest BCUT2D eigenvalue weighted by atomic mass is 15.1. The lowest BCUT2D eigenvalue weighted by atomic mass is 9.91. The fourth-order valence-corrected chi connectivity index (χ4v) is 8.16. The van der Waals surface area contributed by atoms with Crippen molar-refractivity contribution < 1.29 is 0 Å². The number of hydrogen-bond donors (Lipinski definition) is 0. The molecular formula is C56H39N. The normalized spacial score (nSPS) is 11.2. The average Bonchev–Trinajstić information content (AvgIpc) is 3.30. The van der Waals surface area contributed by atoms with E-state index in [0.717, 1.165) is 22.6 Å². The SMILES string of the molecule is c1ccc(-c2ccc(-c3cc(-c4cc5ccccc5c5ccccc45)cc(N(c4ccc(-c5ccccc5)cc4)c4ccc(-c5ccccc5)cc4)c3)cc2)cc1. The van der Waals surface area contributed by atoms with E-state index in [0.29, 0.717) is 0 Å². The second kappa shape index (κ2) is 15.0. The first-order valence-corrected chi connectivity index (χ1v) is 19.6. The topological polar surface area (TPSA) is 3.24 Å². The van der Waals surface area contributed by atoms with E-state index in [9.17, 15) is 0 Å². The van der Waals surface area contributed by atoms with Crippen molar-refractivity contribution in [1.29, 1.82) is 0 Å². The van der Waals surface area contributed by atoms with E-state index in [-0.39, 0.29) is 0 Å². The van der Waals surface area contributed by atoms with Crippen LogP contribution in [0.5, 0.6) is 0 Å². The number of nitrogens with zero attached hydrogens (tertiary/aromatic N) is 1. The number of anilines is 3. The minimum atomic E-state index is 1.09. The molecule has 0 unspecified atom stereocenters. The van der Waals surface area contributed by atoms with E-state index < -0.39 is 0 Å². The molecule has 0 fully saturated rings. The molecule has 0 saturated carbocycles. The van der Waals surface area contributed by atoms with Crippen molar-refractivity contribution in [3.05, 3.63) is 237 Å². The van der Waals surface area contributed by atoms with E-state index in [2.05, 4.69) is 241 Å². The second-order valence-electron chi connectivity index (χ2n) is 14.6. The third-order valence-electron chi connectivity index (χ3n) is 11.0. The summed E-state index contributed by atoms with van der Waals surface area (Å²) in [6, 6.07) is 85.8. The van der Waals surface area contributed by atoms with E-state index in [1.165, 1.54) is 71.6 Å². The van der Waals surface area contributed by atoms with Gasteiger partial charge in [0, 0.05) is 17.1 Å². The maximum atomic E-state index is 2.40. The van der Waals surface area contributed by atoms with Crippen molar-refractivity contribution in [2.75, 3.05) is 4.90 Å². The van der Waals surface area contributed by atoms with Gasteiger partial charge in [0.15, 0.2) is 0 Å². The summed E-state index contributed by atoms with van der Waals surface area (Å²) in [5.41, 5.74) is 15.2. The van der Waals surface area contributed by atoms with Crippen LogP contribution in [0.15, 0.2) is 237 Å². The lowest BCUT2D eigenvalue weighted by Gasteiger charge is -2.27. The number of rotatable bonds is 8. The standard InChI is InChI=1S/C56H39N/c1-4-14-40(15-5-1)43-24-26-46(27-25-43)48-36-49(56-39-47-20-10-11-21-53(47)54-22-12-13-23-55(54)56)38-52(37-48)57(50-32-28-44(29-33-50)41-16-6-2-7-17-41)51-34-30-45(31-35-51)42-18-8-3-9-19-42/h1-39H. The van der Waals surface area contributed by atoms with Crippen LogP contribution in [0.25, 0.3) is 77.2 Å². The van der Waals surface area contributed by atoms with Crippen LogP contribution in [-0.4, -0.2) is 0 Å². The molecule has 0 aliphatic carbocycles. The molecule has 0 atom stereocenters. The zero-order valence-electron chi connectivity index (χ0n) is 31.5. The fourth-order valence-electron chi connectivity index (χ4n) is 8.16. The van der Waals surface area contributed by atoms with Gasteiger partial charge in [0.2, 0.25) is 0 Å². The summed E-state index contributed by atoms with van der Waals surface area (Å²) in [4.78, 5) is 2.40. The van der Waals surface area contributed by atoms with Gasteiger partial charge in [0.05, 0.1) is 0 Å². The molecule has 1 heteroatoms. The predicted octanol–water partition coefficient (Wildman–Crippen LogP) is 15.8. The monoisotopic (exact) mass is 725 g/mol. The lowest BCUT2D eigenvalue weighted by Crippen LogP contribution is -2.10. The first-order valence-electron chi connectivity index (χ1n) is 19.6. The molecule has 0 aliphatic rings. The van der Waals surface area contributed by atoms with Crippen molar-refractivity contribution in [3.63, 3.8) is 0 Å². The minimum Gasteiger partial charge on any atom is -0.310 e. The minimum absolute atomic E-state index is 1.09. The zero-order chi connectivity index (χ0) is 38.0. The molecule has 0 bridgehead atoms. The molecule has 0 heterocycles. The van der Waals surface area contributed by atoms with Crippen molar-refractivity contribution in [2.24, 2.45) is 0 Å². The molecular weight excluding hydrogens is 687 g/mol. The summed E-state index contributed by atoms with van der Waals surface area (Å²) in [7, 11) is 0. The lowest BCUT2D eigenvalue weighted by molar-refractivity contribution is 1.28. The molecule has 0 N–H and O–H groups in total. The van der Waals surface area contributed by atoms with E-state index in [4.69, 9.17) is 0 Å². The summed E-state index contributed by atoms with van der Waals surface area (Å²) in [6.07, 6.45) is 0. The van der Waals surface area contributed by atoms with Crippen molar-refractivity contribution in [1.82, 2.24) is 0 Å². The molecule has 0 radical (unpaired) electrons. The Labute approximate surface area is 334 Å². The van der Waals surface area contributed by atoms with E-state index in [1.807, 2.05) is 0 Å². The van der Waals surface area contributed by atoms with Crippen LogP contribution < -0.4 is 4.90 Å². The van der Waals surface area contributed by atoms with Gasteiger partial charge in [0.25, 0.3) is 0 Å². The molecule has 0 aromatic heterocycles. The first-order chi connectivity index (χ1) is 28.2. The molecule has 10 aromatic rings. The molecule has 10 aromatic carbocycles. The molecule has 0 aliphatic heterocycles. The Morgan fingerprint density at radius 3 is 1.09 bits per heavy atom. The largest absolute Gasteiger partial charge is 0.310 e. The Bertz CT molecular complexity index is 2870. The van der Waals surface area contributed by atoms with Crippen molar-refractivity contribution >= 4 is 38.6 Å². The van der Waals surface area contributed by atoms with Gasteiger partial charge in [-0.1, -0.05) is 188 Å². The number of fused-ring (bicyclic) bond motifs is 3. The average molecular weight is 726 g/mol. The molecule has 0 saturated heterocycles. The van der Waals surface area contributed by atoms with Crippen LogP contribution in [0, 0.1) is 0 Å². The maximum absolute atomic E-state index is 2.40. The summed E-state index contributed by atoms with van der Waals surface area (Å²) in [5, 5.41) is 5.00. The van der Waals surface area contributed by atoms with Gasteiger partial charge in [-0.05, 0) is 126 Å². The molecule has 268 valence electrons. The quantitative estimate of drug-likeness (QED) is 0.141. The highest BCUT2D eigenvalue weighted by molar-refractivity contribution is 6.14. The molecule has 0 amide bonds. The Morgan fingerprint density at radius 1 is 0.211 bits per heavy atom. The van der Waals surface area contributed by atoms with E-state index >= 15 is 0 Å². The summed E-state index contributed by atoms with van der Waals surface area (Å²) in [5.74, 6) is 0. The summed E-state index contributed by atoms with van der Waals surface area (Å²) < 4.78 is 0. The molecule has 1 nitrogen and oxygen atoms in total. The van der Waals surface area contributed by atoms with Gasteiger partial charge in [-0.15, -0.1) is 0 Å². The molecule has 10 rings (SSSR count). The van der Waals surface area contributed by atoms with Crippen LogP contribution in [0.1, 0.15) is 0 Å². The summed E-state index contributed by atoms with van der Waals surface area (Å²) in [6.45, 7) is 0. The Hall–Kier alpha value is -7.48. The fraction of sp³-hybridized carbons (Fsp3) is 0. The summed E-state index contributed by atoms with van der Waals surface area (Å²) >= 11 is 0. The van der Waals surface area contributed by atoms with E-state index in [1.54, 1.807) is 0 Å². The molecule has 57 heavy (non-hydrogen) atoms. The van der Waals surface area contributed by atoms with Gasteiger partial charge >= 0.3 is 0 Å². The Morgan fingerprint density at radius 2 is 0.579 bits per heavy atom. The van der Waals surface area contributed by atoms with Gasteiger partial charge < -0.3 is 4.90 Å². The third kappa shape index (κ3) is 6.77. The highest BCUT2D eigenvalue weighted by Crippen LogP contribution is 2.43.